The standard InChI is InChI=1S/C9H10O2.C7H12O2/c1-3-7-4-5-8(10)9(6-7)11-2;1-5-6(8)9-7(2,3)4/h3-6,10H,1H2,2H3;5H,1H2,2-4H3. The molecule has 20 heavy (non-hydrogen) atoms. The number of methoxy groups -OCH3 is 1. The van der Waals surface area contributed by atoms with E-state index in [1.807, 2.05) is 20.8 Å². The van der Waals surface area contributed by atoms with Crippen LogP contribution in [0.25, 0.3) is 6.08 Å². The first-order valence-corrected chi connectivity index (χ1v) is 6.08. The molecule has 0 amide bonds. The van der Waals surface area contributed by atoms with Crippen molar-refractivity contribution >= 4 is 12.0 Å². The Hall–Kier alpha value is -2.23. The highest BCUT2D eigenvalue weighted by atomic mass is 16.6. The quantitative estimate of drug-likeness (QED) is 0.678. The fourth-order valence-corrected chi connectivity index (χ4v) is 1.16. The van der Waals surface area contributed by atoms with E-state index in [4.69, 9.17) is 9.47 Å². The van der Waals surface area contributed by atoms with Gasteiger partial charge >= 0.3 is 5.97 Å². The second-order valence-electron chi connectivity index (χ2n) is 4.87. The highest BCUT2D eigenvalue weighted by molar-refractivity contribution is 5.81. The van der Waals surface area contributed by atoms with Crippen molar-refractivity contribution in [2.45, 2.75) is 26.4 Å². The van der Waals surface area contributed by atoms with Crippen molar-refractivity contribution in [1.82, 2.24) is 0 Å². The van der Waals surface area contributed by atoms with Gasteiger partial charge in [0.1, 0.15) is 5.60 Å². The third-order valence-corrected chi connectivity index (χ3v) is 2.01. The molecule has 0 unspecified atom stereocenters. The first kappa shape index (κ1) is 17.8. The lowest BCUT2D eigenvalue weighted by Gasteiger charge is -2.17. The summed E-state index contributed by atoms with van der Waals surface area (Å²) in [5.41, 5.74) is 0.533. The van der Waals surface area contributed by atoms with Crippen molar-refractivity contribution in [3.63, 3.8) is 0 Å². The molecular weight excluding hydrogens is 256 g/mol. The van der Waals surface area contributed by atoms with E-state index >= 15 is 0 Å². The molecule has 0 bridgehead atoms. The van der Waals surface area contributed by atoms with E-state index in [0.717, 1.165) is 11.6 Å². The average Bonchev–Trinajstić information content (AvgIpc) is 2.38. The summed E-state index contributed by atoms with van der Waals surface area (Å²) < 4.78 is 9.72. The zero-order valence-corrected chi connectivity index (χ0v) is 12.5. The van der Waals surface area contributed by atoms with E-state index < -0.39 is 5.60 Å². The molecule has 0 aliphatic carbocycles. The minimum Gasteiger partial charge on any atom is -0.504 e. The Bertz CT molecular complexity index is 470. The first-order chi connectivity index (χ1) is 9.23. The molecule has 0 atom stereocenters. The van der Waals surface area contributed by atoms with Gasteiger partial charge in [0.05, 0.1) is 7.11 Å². The summed E-state index contributed by atoms with van der Waals surface area (Å²) in [6, 6.07) is 5.07. The maximum atomic E-state index is 10.5. The zero-order valence-electron chi connectivity index (χ0n) is 12.5. The minimum absolute atomic E-state index is 0.151. The first-order valence-electron chi connectivity index (χ1n) is 6.08. The Labute approximate surface area is 120 Å². The van der Waals surface area contributed by atoms with E-state index in [1.54, 1.807) is 24.3 Å². The average molecular weight is 278 g/mol. The van der Waals surface area contributed by atoms with E-state index in [1.165, 1.54) is 7.11 Å². The molecule has 1 aromatic carbocycles. The predicted molar refractivity (Wildman–Crippen MR) is 80.8 cm³/mol. The lowest BCUT2D eigenvalue weighted by atomic mass is 10.2. The van der Waals surface area contributed by atoms with Crippen LogP contribution in [0.15, 0.2) is 37.4 Å². The van der Waals surface area contributed by atoms with Gasteiger partial charge in [-0.2, -0.15) is 0 Å². The van der Waals surface area contributed by atoms with Crippen molar-refractivity contribution in [2.75, 3.05) is 7.11 Å². The Morgan fingerprint density at radius 1 is 1.30 bits per heavy atom. The molecule has 0 heterocycles. The normalized spacial score (nSPS) is 9.80. The number of rotatable bonds is 3. The molecule has 0 saturated heterocycles. The number of benzene rings is 1. The van der Waals surface area contributed by atoms with Crippen molar-refractivity contribution in [1.29, 1.82) is 0 Å². The van der Waals surface area contributed by atoms with Crippen LogP contribution in [0.5, 0.6) is 11.5 Å². The number of phenols is 1. The Morgan fingerprint density at radius 2 is 1.90 bits per heavy atom. The van der Waals surface area contributed by atoms with Gasteiger partial charge in [-0.05, 0) is 38.5 Å². The Balaban J connectivity index is 0.000000370. The van der Waals surface area contributed by atoms with Crippen LogP contribution in [0.4, 0.5) is 0 Å². The molecule has 110 valence electrons. The third-order valence-electron chi connectivity index (χ3n) is 2.01. The van der Waals surface area contributed by atoms with Gasteiger partial charge in [-0.3, -0.25) is 0 Å². The molecule has 0 fully saturated rings. The number of aromatic hydroxyl groups is 1. The van der Waals surface area contributed by atoms with Gasteiger partial charge in [0.15, 0.2) is 11.5 Å². The van der Waals surface area contributed by atoms with E-state index in [9.17, 15) is 9.90 Å². The Kier molecular flexibility index (Phi) is 7.15. The largest absolute Gasteiger partial charge is 0.504 e. The second kappa shape index (κ2) is 8.04. The second-order valence-corrected chi connectivity index (χ2v) is 4.87. The number of ether oxygens (including phenoxy) is 2. The van der Waals surface area contributed by atoms with Gasteiger partial charge < -0.3 is 14.6 Å². The number of hydrogen-bond acceptors (Lipinski definition) is 4. The van der Waals surface area contributed by atoms with Crippen LogP contribution in [-0.2, 0) is 9.53 Å². The van der Waals surface area contributed by atoms with E-state index in [2.05, 4.69) is 13.2 Å². The maximum absolute atomic E-state index is 10.5. The minimum atomic E-state index is -0.398. The topological polar surface area (TPSA) is 55.8 Å². The molecule has 1 rings (SSSR count). The predicted octanol–water partition coefficient (Wildman–Crippen LogP) is 3.56. The van der Waals surface area contributed by atoms with Crippen LogP contribution in [0.2, 0.25) is 0 Å². The smallest absolute Gasteiger partial charge is 0.330 e. The maximum Gasteiger partial charge on any atom is 0.330 e. The SMILES string of the molecule is C=CC(=O)OC(C)(C)C.C=Cc1ccc(O)c(OC)c1. The monoisotopic (exact) mass is 278 g/mol. The molecule has 4 nitrogen and oxygen atoms in total. The summed E-state index contributed by atoms with van der Waals surface area (Å²) in [7, 11) is 1.52. The zero-order chi connectivity index (χ0) is 15.8. The molecule has 0 saturated carbocycles. The van der Waals surface area contributed by atoms with Gasteiger partial charge in [-0.25, -0.2) is 4.79 Å². The molecule has 4 heteroatoms. The molecule has 0 aliphatic heterocycles. The summed E-state index contributed by atoms with van der Waals surface area (Å²) in [6.45, 7) is 12.3. The number of phenolic OH excluding ortho intramolecular Hbond substituents is 1. The van der Waals surface area contributed by atoms with Crippen LogP contribution in [0.3, 0.4) is 0 Å². The van der Waals surface area contributed by atoms with Crippen LogP contribution >= 0.6 is 0 Å². The summed E-state index contributed by atoms with van der Waals surface area (Å²) in [4.78, 5) is 10.5. The number of esters is 1. The molecule has 0 aromatic heterocycles. The van der Waals surface area contributed by atoms with E-state index in [0.29, 0.717) is 5.75 Å². The third kappa shape index (κ3) is 7.26. The lowest BCUT2D eigenvalue weighted by molar-refractivity contribution is -0.148. The number of carbonyl (C=O) groups is 1. The van der Waals surface area contributed by atoms with Crippen molar-refractivity contribution in [3.8, 4) is 11.5 Å². The summed E-state index contributed by atoms with van der Waals surface area (Å²) in [5, 5.41) is 9.17. The molecule has 0 spiro atoms. The van der Waals surface area contributed by atoms with Gasteiger partial charge in [-0.1, -0.05) is 25.3 Å². The lowest BCUT2D eigenvalue weighted by Crippen LogP contribution is -2.22. The molecular formula is C16H22O4. The molecule has 1 aromatic rings. The van der Waals surface area contributed by atoms with Crippen molar-refractivity contribution in [2.24, 2.45) is 0 Å². The Morgan fingerprint density at radius 3 is 2.25 bits per heavy atom. The van der Waals surface area contributed by atoms with Crippen LogP contribution in [0, 0.1) is 0 Å². The van der Waals surface area contributed by atoms with Crippen LogP contribution in [-0.4, -0.2) is 23.8 Å². The summed E-state index contributed by atoms with van der Waals surface area (Å²) in [6.07, 6.45) is 2.85. The van der Waals surface area contributed by atoms with Crippen LogP contribution in [0.1, 0.15) is 26.3 Å². The van der Waals surface area contributed by atoms with Crippen molar-refractivity contribution in [3.05, 3.63) is 43.0 Å². The molecule has 0 radical (unpaired) electrons. The summed E-state index contributed by atoms with van der Waals surface area (Å²) >= 11 is 0. The van der Waals surface area contributed by atoms with Gasteiger partial charge in [0.25, 0.3) is 0 Å². The summed E-state index contributed by atoms with van der Waals surface area (Å²) in [5.74, 6) is 0.253. The van der Waals surface area contributed by atoms with Gasteiger partial charge in [0, 0.05) is 6.08 Å². The highest BCUT2D eigenvalue weighted by Gasteiger charge is 2.12. The number of hydrogen-bond donors (Lipinski definition) is 1. The molecule has 0 aliphatic rings. The van der Waals surface area contributed by atoms with Gasteiger partial charge in [0.2, 0.25) is 0 Å². The molecule has 1 N–H and O–H groups in total. The fourth-order valence-electron chi connectivity index (χ4n) is 1.16. The highest BCUT2D eigenvalue weighted by Crippen LogP contribution is 2.26. The van der Waals surface area contributed by atoms with Crippen LogP contribution < -0.4 is 4.74 Å². The fraction of sp³-hybridized carbons (Fsp3) is 0.312. The van der Waals surface area contributed by atoms with E-state index in [-0.39, 0.29) is 11.7 Å². The number of carbonyl (C=O) groups excluding carboxylic acids is 1. The van der Waals surface area contributed by atoms with Gasteiger partial charge in [-0.15, -0.1) is 0 Å². The van der Waals surface area contributed by atoms with Crippen molar-refractivity contribution < 1.29 is 19.4 Å².